The monoisotopic (exact) mass is 440 g/mol. The smallest absolute Gasteiger partial charge is 0.248 e. The molecule has 0 radical (unpaired) electrons. The van der Waals surface area contributed by atoms with E-state index in [1.807, 2.05) is 32.0 Å². The highest BCUT2D eigenvalue weighted by Gasteiger charge is 2.38. The number of hydrogen-bond acceptors (Lipinski definition) is 5. The largest absolute Gasteiger partial charge is 0.324 e. The number of fused-ring (bicyclic) bond motifs is 1. The van der Waals surface area contributed by atoms with Gasteiger partial charge in [-0.25, -0.2) is 17.8 Å². The molecular formula is C22H21FN4O3S. The molecule has 1 amide bonds. The van der Waals surface area contributed by atoms with Crippen molar-refractivity contribution in [3.63, 3.8) is 0 Å². The second-order valence-electron chi connectivity index (χ2n) is 7.30. The van der Waals surface area contributed by atoms with Gasteiger partial charge in [-0.3, -0.25) is 4.79 Å². The molecule has 0 spiro atoms. The van der Waals surface area contributed by atoms with Crippen LogP contribution >= 0.6 is 0 Å². The van der Waals surface area contributed by atoms with Gasteiger partial charge in [0.1, 0.15) is 10.7 Å². The summed E-state index contributed by atoms with van der Waals surface area (Å²) in [5.41, 5.74) is 2.86. The molecule has 7 nitrogen and oxygen atoms in total. The lowest BCUT2D eigenvalue weighted by Gasteiger charge is -2.36. The third-order valence-electron chi connectivity index (χ3n) is 5.11. The predicted molar refractivity (Wildman–Crippen MR) is 116 cm³/mol. The number of carbonyl (C=O) groups is 1. The van der Waals surface area contributed by atoms with Crippen LogP contribution in [0.15, 0.2) is 65.7 Å². The van der Waals surface area contributed by atoms with Crippen LogP contribution in [0.1, 0.15) is 11.1 Å². The van der Waals surface area contributed by atoms with Crippen molar-refractivity contribution in [2.75, 3.05) is 23.4 Å². The quantitative estimate of drug-likeness (QED) is 0.671. The summed E-state index contributed by atoms with van der Waals surface area (Å²) in [6, 6.07) is 14.4. The third kappa shape index (κ3) is 4.01. The average molecular weight is 441 g/mol. The van der Waals surface area contributed by atoms with Crippen molar-refractivity contribution < 1.29 is 17.6 Å². The molecular weight excluding hydrogens is 419 g/mol. The second kappa shape index (κ2) is 8.09. The number of halogens is 1. The third-order valence-corrected chi connectivity index (χ3v) is 6.91. The van der Waals surface area contributed by atoms with Crippen molar-refractivity contribution in [3.05, 3.63) is 77.7 Å². The van der Waals surface area contributed by atoms with E-state index in [-0.39, 0.29) is 17.4 Å². The first-order chi connectivity index (χ1) is 14.8. The maximum Gasteiger partial charge on any atom is 0.248 e. The molecule has 0 saturated carbocycles. The predicted octanol–water partition coefficient (Wildman–Crippen LogP) is 3.58. The lowest BCUT2D eigenvalue weighted by molar-refractivity contribution is -0.116. The van der Waals surface area contributed by atoms with Crippen molar-refractivity contribution in [1.82, 2.24) is 9.29 Å². The number of nitrogens with zero attached hydrogens (tertiary/aromatic N) is 3. The highest BCUT2D eigenvalue weighted by molar-refractivity contribution is 7.89. The van der Waals surface area contributed by atoms with Gasteiger partial charge in [-0.15, -0.1) is 0 Å². The van der Waals surface area contributed by atoms with Crippen molar-refractivity contribution in [3.8, 4) is 0 Å². The number of pyridine rings is 1. The van der Waals surface area contributed by atoms with E-state index >= 15 is 0 Å². The van der Waals surface area contributed by atoms with Crippen LogP contribution in [0.3, 0.4) is 0 Å². The molecule has 9 heteroatoms. The van der Waals surface area contributed by atoms with Gasteiger partial charge in [0.25, 0.3) is 0 Å². The first kappa shape index (κ1) is 21.0. The van der Waals surface area contributed by atoms with Crippen LogP contribution in [0.5, 0.6) is 0 Å². The van der Waals surface area contributed by atoms with Crippen LogP contribution < -0.4 is 10.2 Å². The zero-order valence-electron chi connectivity index (χ0n) is 17.0. The van der Waals surface area contributed by atoms with Gasteiger partial charge in [-0.1, -0.05) is 24.3 Å². The fraction of sp³-hybridized carbons (Fsp3) is 0.182. The summed E-state index contributed by atoms with van der Waals surface area (Å²) >= 11 is 0. The second-order valence-corrected chi connectivity index (χ2v) is 9.21. The highest BCUT2D eigenvalue weighted by atomic mass is 32.2. The van der Waals surface area contributed by atoms with Crippen LogP contribution in [0, 0.1) is 19.7 Å². The molecule has 0 bridgehead atoms. The van der Waals surface area contributed by atoms with Gasteiger partial charge in [0, 0.05) is 17.6 Å². The Morgan fingerprint density at radius 3 is 2.52 bits per heavy atom. The molecule has 1 aliphatic rings. The molecule has 1 aliphatic heterocycles. The molecule has 0 unspecified atom stereocenters. The summed E-state index contributed by atoms with van der Waals surface area (Å²) in [5, 5.41) is 2.81. The van der Waals surface area contributed by atoms with E-state index in [0.29, 0.717) is 11.4 Å². The van der Waals surface area contributed by atoms with E-state index < -0.39 is 28.3 Å². The van der Waals surface area contributed by atoms with Gasteiger partial charge in [0.05, 0.1) is 13.2 Å². The Balaban J connectivity index is 1.67. The number of carbonyl (C=O) groups excluding carboxylic acids is 1. The highest BCUT2D eigenvalue weighted by Crippen LogP contribution is 2.36. The van der Waals surface area contributed by atoms with E-state index in [0.717, 1.165) is 15.4 Å². The topological polar surface area (TPSA) is 82.6 Å². The lowest BCUT2D eigenvalue weighted by atomic mass is 10.1. The molecule has 2 heterocycles. The zero-order valence-corrected chi connectivity index (χ0v) is 17.9. The summed E-state index contributed by atoms with van der Waals surface area (Å²) in [5.74, 6) is -0.727. The molecule has 1 aromatic heterocycles. The van der Waals surface area contributed by atoms with Gasteiger partial charge in [-0.05, 0) is 55.3 Å². The van der Waals surface area contributed by atoms with E-state index in [1.54, 1.807) is 11.0 Å². The van der Waals surface area contributed by atoms with Crippen LogP contribution in [-0.2, 0) is 14.8 Å². The number of hydrogen-bond donors (Lipinski definition) is 1. The SMILES string of the molecule is Cc1cccc(C)c1NC(=O)CN1CN(c2cccc(F)c2)c2ncccc2S1(=O)=O. The van der Waals surface area contributed by atoms with Crippen molar-refractivity contribution in [2.45, 2.75) is 18.7 Å². The van der Waals surface area contributed by atoms with Gasteiger partial charge in [-0.2, -0.15) is 4.31 Å². The Kier molecular flexibility index (Phi) is 5.47. The van der Waals surface area contributed by atoms with Crippen LogP contribution in [0.4, 0.5) is 21.6 Å². The number of amides is 1. The zero-order chi connectivity index (χ0) is 22.2. The molecule has 160 valence electrons. The molecule has 4 rings (SSSR count). The van der Waals surface area contributed by atoms with E-state index in [1.165, 1.54) is 36.5 Å². The van der Waals surface area contributed by atoms with Crippen molar-refractivity contribution in [1.29, 1.82) is 0 Å². The van der Waals surface area contributed by atoms with Gasteiger partial charge in [0.2, 0.25) is 15.9 Å². The van der Waals surface area contributed by atoms with Crippen molar-refractivity contribution >= 4 is 33.1 Å². The standard InChI is InChI=1S/C22H21FN4O3S/c1-15-6-3-7-16(2)21(15)25-20(28)13-26-14-27(18-9-4-8-17(23)12-18)22-19(31(26,29)30)10-5-11-24-22/h3-12H,13-14H2,1-2H3,(H,25,28). The van der Waals surface area contributed by atoms with Crippen molar-refractivity contribution in [2.24, 2.45) is 0 Å². The average Bonchev–Trinajstić information content (AvgIpc) is 2.73. The Morgan fingerprint density at radius 2 is 1.81 bits per heavy atom. The minimum Gasteiger partial charge on any atom is -0.324 e. The Labute approximate surface area is 180 Å². The van der Waals surface area contributed by atoms with E-state index in [9.17, 15) is 17.6 Å². The number of sulfonamides is 1. The number of aromatic nitrogens is 1. The number of aryl methyl sites for hydroxylation is 2. The summed E-state index contributed by atoms with van der Waals surface area (Å²) in [6.07, 6.45) is 1.48. The Morgan fingerprint density at radius 1 is 1.10 bits per heavy atom. The molecule has 2 aromatic carbocycles. The lowest BCUT2D eigenvalue weighted by Crippen LogP contribution is -2.48. The summed E-state index contributed by atoms with van der Waals surface area (Å²) < 4.78 is 41.2. The molecule has 3 aromatic rings. The number of benzene rings is 2. The van der Waals surface area contributed by atoms with E-state index in [2.05, 4.69) is 10.3 Å². The van der Waals surface area contributed by atoms with Gasteiger partial charge >= 0.3 is 0 Å². The molecule has 0 saturated heterocycles. The normalized spacial score (nSPS) is 15.4. The Hall–Kier alpha value is -3.30. The first-order valence-electron chi connectivity index (χ1n) is 9.62. The fourth-order valence-electron chi connectivity index (χ4n) is 3.56. The summed E-state index contributed by atoms with van der Waals surface area (Å²) in [7, 11) is -3.97. The first-order valence-corrected chi connectivity index (χ1v) is 11.1. The Bertz CT molecular complexity index is 1240. The van der Waals surface area contributed by atoms with Gasteiger partial charge < -0.3 is 10.2 Å². The summed E-state index contributed by atoms with van der Waals surface area (Å²) in [4.78, 5) is 18.5. The summed E-state index contributed by atoms with van der Waals surface area (Å²) in [6.45, 7) is 3.17. The minimum atomic E-state index is -3.97. The van der Waals surface area contributed by atoms with E-state index in [4.69, 9.17) is 0 Å². The van der Waals surface area contributed by atoms with Crippen LogP contribution in [0.2, 0.25) is 0 Å². The maximum absolute atomic E-state index is 13.8. The number of nitrogens with one attached hydrogen (secondary N) is 1. The van der Waals surface area contributed by atoms with Gasteiger partial charge in [0.15, 0.2) is 5.82 Å². The molecule has 1 N–H and O–H groups in total. The molecule has 31 heavy (non-hydrogen) atoms. The number of anilines is 3. The fourth-order valence-corrected chi connectivity index (χ4v) is 5.04. The number of para-hydroxylation sites is 1. The molecule has 0 aliphatic carbocycles. The van der Waals surface area contributed by atoms with Crippen LogP contribution in [0.25, 0.3) is 0 Å². The van der Waals surface area contributed by atoms with Crippen LogP contribution in [-0.4, -0.2) is 36.8 Å². The molecule has 0 fully saturated rings. The number of rotatable bonds is 4. The molecule has 0 atom stereocenters. The minimum absolute atomic E-state index is 0.0367. The maximum atomic E-state index is 13.8.